The van der Waals surface area contributed by atoms with Crippen molar-refractivity contribution >= 4 is 5.69 Å². The first kappa shape index (κ1) is 12.0. The van der Waals surface area contributed by atoms with Crippen molar-refractivity contribution in [1.29, 1.82) is 0 Å². The molecule has 1 aromatic carbocycles. The molecule has 4 nitrogen and oxygen atoms in total. The first-order chi connectivity index (χ1) is 8.53. The molecule has 3 aliphatic rings. The van der Waals surface area contributed by atoms with E-state index in [-0.39, 0.29) is 5.41 Å². The van der Waals surface area contributed by atoms with Crippen molar-refractivity contribution in [3.05, 3.63) is 29.8 Å². The number of hydrogen-bond donors (Lipinski definition) is 0. The second kappa shape index (κ2) is 3.95. The van der Waals surface area contributed by atoms with Crippen molar-refractivity contribution in [3.63, 3.8) is 0 Å². The molecule has 0 spiro atoms. The van der Waals surface area contributed by atoms with Crippen LogP contribution in [0.15, 0.2) is 24.3 Å². The molecular weight excluding hydrogens is 230 g/mol. The topological polar surface area (TPSA) is 30.9 Å². The molecule has 0 radical (unpaired) electrons. The largest absolute Gasteiger partial charge is 0.378 e. The number of rotatable bonds is 2. The number of benzene rings is 1. The van der Waals surface area contributed by atoms with Gasteiger partial charge in [0, 0.05) is 30.8 Å². The lowest BCUT2D eigenvalue weighted by Gasteiger charge is -2.50. The van der Waals surface area contributed by atoms with Gasteiger partial charge in [0.05, 0.1) is 19.8 Å². The third-order valence-electron chi connectivity index (χ3n) is 3.57. The highest BCUT2D eigenvalue weighted by Crippen LogP contribution is 2.44. The van der Waals surface area contributed by atoms with Crippen LogP contribution in [0.5, 0.6) is 0 Å². The van der Waals surface area contributed by atoms with E-state index in [1.807, 2.05) is 38.4 Å². The summed E-state index contributed by atoms with van der Waals surface area (Å²) < 4.78 is 17.4. The molecule has 18 heavy (non-hydrogen) atoms. The number of anilines is 1. The highest BCUT2D eigenvalue weighted by atomic mass is 16.9. The van der Waals surface area contributed by atoms with Gasteiger partial charge in [0.15, 0.2) is 0 Å². The Bertz CT molecular complexity index is 416. The zero-order valence-electron chi connectivity index (χ0n) is 11.1. The molecular formula is C14H19NO3. The molecule has 98 valence electrons. The van der Waals surface area contributed by atoms with Gasteiger partial charge in [-0.2, -0.15) is 0 Å². The first-order valence-corrected chi connectivity index (χ1v) is 6.23. The van der Waals surface area contributed by atoms with Crippen LogP contribution in [-0.4, -0.2) is 33.9 Å². The Labute approximate surface area is 107 Å². The summed E-state index contributed by atoms with van der Waals surface area (Å²) in [5.74, 6) is -0.984. The van der Waals surface area contributed by atoms with Gasteiger partial charge in [-0.1, -0.05) is 6.92 Å². The number of nitrogens with zero attached hydrogens (tertiary/aromatic N) is 1. The predicted molar refractivity (Wildman–Crippen MR) is 68.4 cm³/mol. The third kappa shape index (κ3) is 1.81. The van der Waals surface area contributed by atoms with Gasteiger partial charge in [0.25, 0.3) is 0 Å². The van der Waals surface area contributed by atoms with E-state index in [1.165, 1.54) is 0 Å². The van der Waals surface area contributed by atoms with Gasteiger partial charge in [-0.3, -0.25) is 0 Å². The summed E-state index contributed by atoms with van der Waals surface area (Å²) in [7, 11) is 4.03. The zero-order chi connectivity index (χ0) is 12.8. The van der Waals surface area contributed by atoms with Gasteiger partial charge in [-0.25, -0.2) is 0 Å². The Balaban J connectivity index is 1.86. The normalized spacial score (nSPS) is 34.6. The van der Waals surface area contributed by atoms with Gasteiger partial charge in [-0.15, -0.1) is 0 Å². The van der Waals surface area contributed by atoms with Gasteiger partial charge >= 0.3 is 5.97 Å². The highest BCUT2D eigenvalue weighted by molar-refractivity contribution is 5.46. The van der Waals surface area contributed by atoms with E-state index >= 15 is 0 Å². The average molecular weight is 249 g/mol. The van der Waals surface area contributed by atoms with Crippen LogP contribution in [0.4, 0.5) is 5.69 Å². The molecule has 0 aromatic heterocycles. The number of ether oxygens (including phenoxy) is 3. The van der Waals surface area contributed by atoms with E-state index in [2.05, 4.69) is 11.8 Å². The molecule has 0 N–H and O–H groups in total. The summed E-state index contributed by atoms with van der Waals surface area (Å²) in [4.78, 5) is 2.06. The smallest absolute Gasteiger partial charge is 0.312 e. The average Bonchev–Trinajstić information content (AvgIpc) is 2.40. The molecule has 3 saturated heterocycles. The van der Waals surface area contributed by atoms with Crippen molar-refractivity contribution < 1.29 is 14.2 Å². The molecule has 4 heteroatoms. The Morgan fingerprint density at radius 1 is 0.944 bits per heavy atom. The van der Waals surface area contributed by atoms with E-state index in [1.54, 1.807) is 0 Å². The monoisotopic (exact) mass is 249 g/mol. The zero-order valence-corrected chi connectivity index (χ0v) is 11.1. The highest BCUT2D eigenvalue weighted by Gasteiger charge is 2.51. The van der Waals surface area contributed by atoms with Crippen molar-refractivity contribution in [1.82, 2.24) is 0 Å². The standard InChI is InChI=1S/C14H19NO3/c1-13-8-16-14(17-9-13,18-10-13)11-4-6-12(7-5-11)15(2)3/h4-7H,8-10H2,1-3H3. The van der Waals surface area contributed by atoms with Gasteiger partial charge in [0.1, 0.15) is 0 Å². The van der Waals surface area contributed by atoms with E-state index < -0.39 is 5.97 Å². The van der Waals surface area contributed by atoms with E-state index in [0.717, 1.165) is 11.3 Å². The van der Waals surface area contributed by atoms with Crippen LogP contribution in [0.1, 0.15) is 12.5 Å². The van der Waals surface area contributed by atoms with E-state index in [9.17, 15) is 0 Å². The van der Waals surface area contributed by atoms with Gasteiger partial charge < -0.3 is 19.1 Å². The fourth-order valence-corrected chi connectivity index (χ4v) is 2.27. The molecule has 0 saturated carbocycles. The molecule has 3 heterocycles. The summed E-state index contributed by atoms with van der Waals surface area (Å²) in [5, 5.41) is 0. The maximum atomic E-state index is 5.80. The number of fused-ring (bicyclic) bond motifs is 3. The Kier molecular flexibility index (Phi) is 2.62. The molecule has 3 fully saturated rings. The van der Waals surface area contributed by atoms with Crippen molar-refractivity contribution in [2.45, 2.75) is 12.9 Å². The second-order valence-corrected chi connectivity index (χ2v) is 5.67. The SMILES string of the molecule is CN(C)c1ccc(C23OCC(C)(CO2)CO3)cc1. The molecule has 1 aromatic rings. The number of hydrogen-bond acceptors (Lipinski definition) is 4. The Hall–Kier alpha value is -1.10. The first-order valence-electron chi connectivity index (χ1n) is 6.23. The van der Waals surface area contributed by atoms with Crippen LogP contribution in [0.25, 0.3) is 0 Å². The lowest BCUT2D eigenvalue weighted by molar-refractivity contribution is -0.477. The van der Waals surface area contributed by atoms with Crippen LogP contribution < -0.4 is 4.90 Å². The minimum absolute atomic E-state index is 0.00528. The van der Waals surface area contributed by atoms with Crippen molar-refractivity contribution in [2.24, 2.45) is 5.41 Å². The Morgan fingerprint density at radius 2 is 1.44 bits per heavy atom. The van der Waals surface area contributed by atoms with Gasteiger partial charge in [0.2, 0.25) is 0 Å². The summed E-state index contributed by atoms with van der Waals surface area (Å²) in [6, 6.07) is 8.10. The van der Waals surface area contributed by atoms with Gasteiger partial charge in [-0.05, 0) is 24.3 Å². The molecule has 0 unspecified atom stereocenters. The van der Waals surface area contributed by atoms with Crippen LogP contribution in [-0.2, 0) is 20.2 Å². The minimum Gasteiger partial charge on any atom is -0.378 e. The van der Waals surface area contributed by atoms with E-state index in [4.69, 9.17) is 14.2 Å². The van der Waals surface area contributed by atoms with Crippen LogP contribution in [0, 0.1) is 5.41 Å². The summed E-state index contributed by atoms with van der Waals surface area (Å²) in [6.45, 7) is 4.17. The van der Waals surface area contributed by atoms with Crippen molar-refractivity contribution in [3.8, 4) is 0 Å². The maximum absolute atomic E-state index is 5.80. The predicted octanol–water partition coefficient (Wildman–Crippen LogP) is 1.95. The molecule has 2 bridgehead atoms. The van der Waals surface area contributed by atoms with Crippen LogP contribution >= 0.6 is 0 Å². The molecule has 0 aliphatic carbocycles. The fraction of sp³-hybridized carbons (Fsp3) is 0.571. The van der Waals surface area contributed by atoms with Crippen LogP contribution in [0.3, 0.4) is 0 Å². The second-order valence-electron chi connectivity index (χ2n) is 5.67. The molecule has 0 atom stereocenters. The Morgan fingerprint density at radius 3 is 1.89 bits per heavy atom. The molecule has 0 amide bonds. The minimum atomic E-state index is -0.984. The van der Waals surface area contributed by atoms with E-state index in [0.29, 0.717) is 19.8 Å². The summed E-state index contributed by atoms with van der Waals surface area (Å²) in [6.07, 6.45) is 0. The summed E-state index contributed by atoms with van der Waals surface area (Å²) in [5.41, 5.74) is 2.08. The van der Waals surface area contributed by atoms with Crippen molar-refractivity contribution in [2.75, 3.05) is 38.8 Å². The lowest BCUT2D eigenvalue weighted by Crippen LogP contribution is -2.57. The van der Waals surface area contributed by atoms with Crippen LogP contribution in [0.2, 0.25) is 0 Å². The molecule has 4 rings (SSSR count). The molecule has 3 aliphatic heterocycles. The fourth-order valence-electron chi connectivity index (χ4n) is 2.27. The quantitative estimate of drug-likeness (QED) is 0.801. The maximum Gasteiger partial charge on any atom is 0.312 e. The lowest BCUT2D eigenvalue weighted by atomic mass is 9.91. The third-order valence-corrected chi connectivity index (χ3v) is 3.57. The summed E-state index contributed by atoms with van der Waals surface area (Å²) >= 11 is 0.